The largest absolute Gasteiger partial charge is 0.462 e. The van der Waals surface area contributed by atoms with Gasteiger partial charge in [-0.15, -0.1) is 0 Å². The fourth-order valence-corrected chi connectivity index (χ4v) is 1.35. The van der Waals surface area contributed by atoms with E-state index >= 15 is 0 Å². The molecule has 1 heterocycles. The third-order valence-electron chi connectivity index (χ3n) is 2.17. The molecule has 0 aromatic heterocycles. The molecule has 0 aliphatic carbocycles. The smallest absolute Gasteiger partial charge is 0.306 e. The van der Waals surface area contributed by atoms with Crippen LogP contribution in [-0.4, -0.2) is 37.1 Å². The van der Waals surface area contributed by atoms with Crippen LogP contribution in [0.4, 0.5) is 0 Å². The summed E-state index contributed by atoms with van der Waals surface area (Å²) < 4.78 is 5.16. The molecule has 0 saturated carbocycles. The Morgan fingerprint density at radius 2 is 2.17 bits per heavy atom. The van der Waals surface area contributed by atoms with Gasteiger partial charge in [0.05, 0.1) is 0 Å². The summed E-state index contributed by atoms with van der Waals surface area (Å²) in [4.78, 5) is 13.1. The molecular formula is C9H16NO2. The van der Waals surface area contributed by atoms with Crippen molar-refractivity contribution in [3.05, 3.63) is 6.92 Å². The number of carbonyl (C=O) groups excluding carboxylic acids is 1. The Morgan fingerprint density at radius 1 is 1.58 bits per heavy atom. The van der Waals surface area contributed by atoms with Crippen molar-refractivity contribution in [2.75, 3.05) is 20.1 Å². The van der Waals surface area contributed by atoms with E-state index in [1.54, 1.807) is 0 Å². The van der Waals surface area contributed by atoms with Crippen LogP contribution < -0.4 is 0 Å². The minimum Gasteiger partial charge on any atom is -0.462 e. The van der Waals surface area contributed by atoms with E-state index in [-0.39, 0.29) is 18.5 Å². The number of rotatable bonds is 2. The molecule has 0 unspecified atom stereocenters. The van der Waals surface area contributed by atoms with E-state index < -0.39 is 0 Å². The molecule has 1 aliphatic heterocycles. The maximum Gasteiger partial charge on any atom is 0.306 e. The highest BCUT2D eigenvalue weighted by molar-refractivity contribution is 5.70. The van der Waals surface area contributed by atoms with Crippen molar-refractivity contribution in [2.24, 2.45) is 0 Å². The second-order valence-corrected chi connectivity index (χ2v) is 3.24. The average molecular weight is 170 g/mol. The summed E-state index contributed by atoms with van der Waals surface area (Å²) in [6.07, 6.45) is 2.30. The SMILES string of the molecule is [CH2]CC(=O)OC1CCN(C)CC1. The molecule has 1 aliphatic rings. The molecule has 0 N–H and O–H groups in total. The lowest BCUT2D eigenvalue weighted by atomic mass is 10.1. The van der Waals surface area contributed by atoms with E-state index in [2.05, 4.69) is 18.9 Å². The molecule has 0 atom stereocenters. The van der Waals surface area contributed by atoms with Gasteiger partial charge in [-0.1, -0.05) is 0 Å². The van der Waals surface area contributed by atoms with Crippen molar-refractivity contribution in [1.82, 2.24) is 4.90 Å². The number of carbonyl (C=O) groups is 1. The third kappa shape index (κ3) is 2.81. The highest BCUT2D eigenvalue weighted by Gasteiger charge is 2.19. The van der Waals surface area contributed by atoms with E-state index in [1.807, 2.05) is 0 Å². The number of hydrogen-bond donors (Lipinski definition) is 0. The summed E-state index contributed by atoms with van der Waals surface area (Å²) >= 11 is 0. The molecule has 0 aromatic carbocycles. The average Bonchev–Trinajstić information content (AvgIpc) is 2.09. The first-order valence-electron chi connectivity index (χ1n) is 4.39. The zero-order valence-corrected chi connectivity index (χ0v) is 7.58. The lowest BCUT2D eigenvalue weighted by Crippen LogP contribution is -2.35. The second-order valence-electron chi connectivity index (χ2n) is 3.24. The minimum atomic E-state index is -0.176. The van der Waals surface area contributed by atoms with Gasteiger partial charge in [-0.3, -0.25) is 4.79 Å². The summed E-state index contributed by atoms with van der Waals surface area (Å²) in [5.41, 5.74) is 0. The zero-order valence-electron chi connectivity index (χ0n) is 7.58. The molecule has 0 amide bonds. The van der Waals surface area contributed by atoms with Crippen LogP contribution >= 0.6 is 0 Å². The number of nitrogens with zero attached hydrogens (tertiary/aromatic N) is 1. The van der Waals surface area contributed by atoms with Gasteiger partial charge in [0, 0.05) is 19.5 Å². The molecule has 0 bridgehead atoms. The zero-order chi connectivity index (χ0) is 8.97. The first-order valence-corrected chi connectivity index (χ1v) is 4.39. The first kappa shape index (κ1) is 9.52. The van der Waals surface area contributed by atoms with E-state index in [9.17, 15) is 4.79 Å². The number of piperidine rings is 1. The van der Waals surface area contributed by atoms with Crippen molar-refractivity contribution >= 4 is 5.97 Å². The standard InChI is InChI=1S/C9H16NO2/c1-3-9(11)12-8-4-6-10(2)7-5-8/h8H,1,3-7H2,2H3. The lowest BCUT2D eigenvalue weighted by molar-refractivity contribution is -0.150. The van der Waals surface area contributed by atoms with E-state index in [4.69, 9.17) is 4.74 Å². The van der Waals surface area contributed by atoms with Crippen molar-refractivity contribution in [1.29, 1.82) is 0 Å². The van der Waals surface area contributed by atoms with Gasteiger partial charge in [-0.25, -0.2) is 0 Å². The van der Waals surface area contributed by atoms with Crippen LogP contribution in [0.15, 0.2) is 0 Å². The number of esters is 1. The third-order valence-corrected chi connectivity index (χ3v) is 2.17. The van der Waals surface area contributed by atoms with Crippen LogP contribution in [0.2, 0.25) is 0 Å². The van der Waals surface area contributed by atoms with Crippen molar-refractivity contribution < 1.29 is 9.53 Å². The molecule has 1 saturated heterocycles. The molecule has 12 heavy (non-hydrogen) atoms. The normalized spacial score (nSPS) is 20.8. The van der Waals surface area contributed by atoms with Crippen LogP contribution in [0.25, 0.3) is 0 Å². The highest BCUT2D eigenvalue weighted by atomic mass is 16.5. The van der Waals surface area contributed by atoms with Crippen LogP contribution in [0.5, 0.6) is 0 Å². The van der Waals surface area contributed by atoms with Gasteiger partial charge in [-0.05, 0) is 26.8 Å². The Kier molecular flexibility index (Phi) is 3.53. The van der Waals surface area contributed by atoms with Crippen LogP contribution in [-0.2, 0) is 9.53 Å². The second kappa shape index (κ2) is 4.45. The molecular weight excluding hydrogens is 154 g/mol. The molecule has 1 rings (SSSR count). The number of ether oxygens (including phenoxy) is 1. The van der Waals surface area contributed by atoms with Gasteiger partial charge in [0.2, 0.25) is 0 Å². The van der Waals surface area contributed by atoms with Gasteiger partial charge in [0.1, 0.15) is 6.10 Å². The maximum absolute atomic E-state index is 10.9. The molecule has 69 valence electrons. The lowest BCUT2D eigenvalue weighted by Gasteiger charge is -2.28. The molecule has 0 aromatic rings. The number of likely N-dealkylation sites (tertiary alicyclic amines) is 1. The maximum atomic E-state index is 10.9. The molecule has 0 spiro atoms. The van der Waals surface area contributed by atoms with E-state index in [0.717, 1.165) is 25.9 Å². The Balaban J connectivity index is 2.21. The van der Waals surface area contributed by atoms with Gasteiger partial charge in [0.25, 0.3) is 0 Å². The monoisotopic (exact) mass is 170 g/mol. The van der Waals surface area contributed by atoms with E-state index in [1.165, 1.54) is 0 Å². The fourth-order valence-electron chi connectivity index (χ4n) is 1.35. The summed E-state index contributed by atoms with van der Waals surface area (Å²) in [5, 5.41) is 0. The number of hydrogen-bond acceptors (Lipinski definition) is 3. The minimum absolute atomic E-state index is 0.135. The molecule has 3 nitrogen and oxygen atoms in total. The first-order chi connectivity index (χ1) is 5.72. The summed E-state index contributed by atoms with van der Waals surface area (Å²) in [5.74, 6) is -0.176. The Labute approximate surface area is 73.7 Å². The van der Waals surface area contributed by atoms with Crippen LogP contribution in [0, 0.1) is 6.92 Å². The van der Waals surface area contributed by atoms with Crippen molar-refractivity contribution in [3.63, 3.8) is 0 Å². The van der Waals surface area contributed by atoms with Gasteiger partial charge >= 0.3 is 5.97 Å². The van der Waals surface area contributed by atoms with Gasteiger partial charge in [-0.2, -0.15) is 0 Å². The van der Waals surface area contributed by atoms with Gasteiger partial charge in [0.15, 0.2) is 0 Å². The van der Waals surface area contributed by atoms with Crippen LogP contribution in [0.3, 0.4) is 0 Å². The Hall–Kier alpha value is -0.570. The Morgan fingerprint density at radius 3 is 2.67 bits per heavy atom. The molecule has 1 fully saturated rings. The molecule has 1 radical (unpaired) electrons. The summed E-state index contributed by atoms with van der Waals surface area (Å²) in [6, 6.07) is 0. The predicted octanol–water partition coefficient (Wildman–Crippen LogP) is 0.848. The van der Waals surface area contributed by atoms with Crippen molar-refractivity contribution in [2.45, 2.75) is 25.4 Å². The Bertz CT molecular complexity index is 151. The van der Waals surface area contributed by atoms with Crippen molar-refractivity contribution in [3.8, 4) is 0 Å². The fraction of sp³-hybridized carbons (Fsp3) is 0.778. The predicted molar refractivity (Wildman–Crippen MR) is 46.6 cm³/mol. The topological polar surface area (TPSA) is 29.5 Å². The van der Waals surface area contributed by atoms with Gasteiger partial charge < -0.3 is 9.64 Å². The molecule has 3 heteroatoms. The van der Waals surface area contributed by atoms with Crippen LogP contribution in [0.1, 0.15) is 19.3 Å². The highest BCUT2D eigenvalue weighted by Crippen LogP contribution is 2.12. The summed E-state index contributed by atoms with van der Waals surface area (Å²) in [6.45, 7) is 5.53. The quantitative estimate of drug-likeness (QED) is 0.575. The van der Waals surface area contributed by atoms with E-state index in [0.29, 0.717) is 0 Å². The summed E-state index contributed by atoms with van der Waals surface area (Å²) in [7, 11) is 2.08.